The maximum absolute atomic E-state index is 12.9. The minimum absolute atomic E-state index is 0.0611. The van der Waals surface area contributed by atoms with Crippen LogP contribution in [-0.2, 0) is 28.6 Å². The Balaban J connectivity index is 4.29. The van der Waals surface area contributed by atoms with Crippen molar-refractivity contribution in [3.8, 4) is 0 Å². The van der Waals surface area contributed by atoms with Gasteiger partial charge in [-0.15, -0.1) is 0 Å². The smallest absolute Gasteiger partial charge is 0.306 e. The topological polar surface area (TPSA) is 78.9 Å². The first-order chi connectivity index (χ1) is 34.9. The summed E-state index contributed by atoms with van der Waals surface area (Å²) in [4.78, 5) is 38.3. The van der Waals surface area contributed by atoms with E-state index in [0.717, 1.165) is 63.7 Å². The fourth-order valence-corrected chi connectivity index (χ4v) is 10.1. The molecule has 0 amide bonds. The second-order valence-electron chi connectivity index (χ2n) is 22.6. The average Bonchev–Trinajstić information content (AvgIpc) is 3.37. The first-order valence-corrected chi connectivity index (χ1v) is 32.4. The van der Waals surface area contributed by atoms with Crippen molar-refractivity contribution < 1.29 is 28.6 Å². The SMILES string of the molecule is CCCCCCCCCCCCCCCCCCCCCC(=O)O[C@@H](COC(=O)CCCCCCCCCCCCCCCCCC)COC(=O)CCCCCCCCCCCCCCCCC(C)CC. The van der Waals surface area contributed by atoms with Gasteiger partial charge in [0, 0.05) is 19.3 Å². The zero-order valence-electron chi connectivity index (χ0n) is 48.7. The number of carbonyl (C=O) groups excluding carboxylic acids is 3. The van der Waals surface area contributed by atoms with E-state index in [1.54, 1.807) is 0 Å². The lowest BCUT2D eigenvalue weighted by molar-refractivity contribution is -0.167. The third-order valence-corrected chi connectivity index (χ3v) is 15.4. The molecular formula is C65H126O6. The summed E-state index contributed by atoms with van der Waals surface area (Å²) in [6.45, 7) is 9.13. The molecule has 0 aliphatic rings. The Morgan fingerprint density at radius 3 is 0.732 bits per heavy atom. The van der Waals surface area contributed by atoms with Crippen LogP contribution in [0.3, 0.4) is 0 Å². The molecule has 422 valence electrons. The molecule has 0 saturated heterocycles. The van der Waals surface area contributed by atoms with Crippen molar-refractivity contribution in [3.05, 3.63) is 0 Å². The Hall–Kier alpha value is -1.59. The lowest BCUT2D eigenvalue weighted by atomic mass is 9.99. The summed E-state index contributed by atoms with van der Waals surface area (Å²) in [6, 6.07) is 0. The minimum atomic E-state index is -0.763. The standard InChI is InChI=1S/C65H126O6/c1-5-8-10-12-14-16-18-20-22-24-25-26-28-34-38-42-46-50-54-58-65(68)71-62(59-69-63(66)56-52-48-44-40-36-32-27-23-21-19-17-15-13-11-9-6-2)60-70-64(67)57-53-49-45-41-37-33-30-29-31-35-39-43-47-51-55-61(4)7-3/h61-62H,5-60H2,1-4H3/t61?,62-/m0/s1. The van der Waals surface area contributed by atoms with E-state index < -0.39 is 6.10 Å². The highest BCUT2D eigenvalue weighted by atomic mass is 16.6. The van der Waals surface area contributed by atoms with Crippen LogP contribution in [-0.4, -0.2) is 37.2 Å². The van der Waals surface area contributed by atoms with Crippen molar-refractivity contribution in [3.63, 3.8) is 0 Å². The second kappa shape index (κ2) is 59.3. The van der Waals surface area contributed by atoms with Gasteiger partial charge in [-0.3, -0.25) is 14.4 Å². The highest BCUT2D eigenvalue weighted by Gasteiger charge is 2.19. The maximum atomic E-state index is 12.9. The Morgan fingerprint density at radius 1 is 0.282 bits per heavy atom. The second-order valence-corrected chi connectivity index (χ2v) is 22.6. The summed E-state index contributed by atoms with van der Waals surface area (Å²) < 4.78 is 17.0. The third kappa shape index (κ3) is 57.5. The summed E-state index contributed by atoms with van der Waals surface area (Å²) >= 11 is 0. The molecule has 0 spiro atoms. The summed E-state index contributed by atoms with van der Waals surface area (Å²) in [5.74, 6) is 0.0694. The highest BCUT2D eigenvalue weighted by molar-refractivity contribution is 5.71. The highest BCUT2D eigenvalue weighted by Crippen LogP contribution is 2.19. The third-order valence-electron chi connectivity index (χ3n) is 15.4. The molecule has 6 nitrogen and oxygen atoms in total. The molecule has 0 bridgehead atoms. The molecule has 0 aromatic heterocycles. The molecule has 0 aliphatic carbocycles. The number of unbranched alkanes of at least 4 members (excludes halogenated alkanes) is 46. The molecular weight excluding hydrogens is 877 g/mol. The van der Waals surface area contributed by atoms with Crippen LogP contribution in [0.4, 0.5) is 0 Å². The van der Waals surface area contributed by atoms with Gasteiger partial charge in [0.15, 0.2) is 6.10 Å². The maximum Gasteiger partial charge on any atom is 0.306 e. The van der Waals surface area contributed by atoms with Crippen molar-refractivity contribution in [1.29, 1.82) is 0 Å². The summed E-state index contributed by atoms with van der Waals surface area (Å²) in [5, 5.41) is 0. The number of hydrogen-bond acceptors (Lipinski definition) is 6. The van der Waals surface area contributed by atoms with Gasteiger partial charge < -0.3 is 14.2 Å². The molecule has 0 saturated carbocycles. The van der Waals surface area contributed by atoms with Crippen LogP contribution in [0.2, 0.25) is 0 Å². The molecule has 2 atom stereocenters. The van der Waals surface area contributed by atoms with E-state index in [9.17, 15) is 14.4 Å². The number of carbonyl (C=O) groups is 3. The van der Waals surface area contributed by atoms with Crippen LogP contribution in [0.1, 0.15) is 374 Å². The predicted octanol–water partition coefficient (Wildman–Crippen LogP) is 21.7. The van der Waals surface area contributed by atoms with Gasteiger partial charge in [-0.25, -0.2) is 0 Å². The van der Waals surface area contributed by atoms with Crippen molar-refractivity contribution in [2.45, 2.75) is 381 Å². The summed E-state index contributed by atoms with van der Waals surface area (Å²) in [5.41, 5.74) is 0. The van der Waals surface area contributed by atoms with E-state index in [4.69, 9.17) is 14.2 Å². The van der Waals surface area contributed by atoms with Crippen molar-refractivity contribution >= 4 is 17.9 Å². The molecule has 71 heavy (non-hydrogen) atoms. The Bertz CT molecular complexity index is 1080. The quantitative estimate of drug-likeness (QED) is 0.0343. The van der Waals surface area contributed by atoms with Crippen LogP contribution < -0.4 is 0 Å². The van der Waals surface area contributed by atoms with E-state index in [0.29, 0.717) is 19.3 Å². The van der Waals surface area contributed by atoms with Gasteiger partial charge in [-0.1, -0.05) is 336 Å². The summed E-state index contributed by atoms with van der Waals surface area (Å²) in [7, 11) is 0. The van der Waals surface area contributed by atoms with Gasteiger partial charge in [0.05, 0.1) is 0 Å². The van der Waals surface area contributed by atoms with Gasteiger partial charge >= 0.3 is 17.9 Å². The molecule has 0 aromatic carbocycles. The monoisotopic (exact) mass is 1000 g/mol. The Kier molecular flexibility index (Phi) is 58.0. The number of esters is 3. The molecule has 0 aliphatic heterocycles. The minimum Gasteiger partial charge on any atom is -0.462 e. The van der Waals surface area contributed by atoms with Crippen molar-refractivity contribution in [2.24, 2.45) is 5.92 Å². The van der Waals surface area contributed by atoms with Crippen LogP contribution >= 0.6 is 0 Å². The zero-order valence-corrected chi connectivity index (χ0v) is 48.7. The first kappa shape index (κ1) is 69.4. The molecule has 0 rings (SSSR count). The summed E-state index contributed by atoms with van der Waals surface area (Å²) in [6.07, 6.45) is 66.7. The molecule has 0 fully saturated rings. The average molecular weight is 1000 g/mol. The van der Waals surface area contributed by atoms with Crippen LogP contribution in [0.5, 0.6) is 0 Å². The molecule has 0 heterocycles. The normalized spacial score (nSPS) is 12.3. The largest absolute Gasteiger partial charge is 0.462 e. The van der Waals surface area contributed by atoms with Crippen LogP contribution in [0.25, 0.3) is 0 Å². The van der Waals surface area contributed by atoms with Gasteiger partial charge in [0.1, 0.15) is 13.2 Å². The zero-order chi connectivity index (χ0) is 51.6. The molecule has 1 unspecified atom stereocenters. The van der Waals surface area contributed by atoms with Crippen LogP contribution in [0, 0.1) is 5.92 Å². The number of hydrogen-bond donors (Lipinski definition) is 0. The molecule has 0 radical (unpaired) electrons. The first-order valence-electron chi connectivity index (χ1n) is 32.4. The lowest BCUT2D eigenvalue weighted by Gasteiger charge is -2.18. The fraction of sp³-hybridized carbons (Fsp3) is 0.954. The van der Waals surface area contributed by atoms with E-state index in [-0.39, 0.29) is 31.1 Å². The van der Waals surface area contributed by atoms with Gasteiger partial charge in [0.25, 0.3) is 0 Å². The van der Waals surface area contributed by atoms with E-state index in [2.05, 4.69) is 27.7 Å². The Labute approximate surface area is 444 Å². The molecule has 0 N–H and O–H groups in total. The van der Waals surface area contributed by atoms with E-state index in [1.807, 2.05) is 0 Å². The van der Waals surface area contributed by atoms with E-state index in [1.165, 1.54) is 270 Å². The fourth-order valence-electron chi connectivity index (χ4n) is 10.1. The lowest BCUT2D eigenvalue weighted by Crippen LogP contribution is -2.30. The molecule has 0 aromatic rings. The van der Waals surface area contributed by atoms with E-state index >= 15 is 0 Å². The molecule has 6 heteroatoms. The predicted molar refractivity (Wildman–Crippen MR) is 307 cm³/mol. The van der Waals surface area contributed by atoms with Gasteiger partial charge in [-0.2, -0.15) is 0 Å². The Morgan fingerprint density at radius 2 is 0.493 bits per heavy atom. The number of ether oxygens (including phenoxy) is 3. The van der Waals surface area contributed by atoms with Gasteiger partial charge in [-0.05, 0) is 25.2 Å². The van der Waals surface area contributed by atoms with Crippen LogP contribution in [0.15, 0.2) is 0 Å². The number of rotatable bonds is 60. The van der Waals surface area contributed by atoms with Gasteiger partial charge in [0.2, 0.25) is 0 Å². The van der Waals surface area contributed by atoms with Crippen molar-refractivity contribution in [2.75, 3.05) is 13.2 Å². The van der Waals surface area contributed by atoms with Crippen molar-refractivity contribution in [1.82, 2.24) is 0 Å².